The van der Waals surface area contributed by atoms with E-state index in [1.165, 1.54) is 0 Å². The van der Waals surface area contributed by atoms with Gasteiger partial charge in [0.1, 0.15) is 0 Å². The highest BCUT2D eigenvalue weighted by Gasteiger charge is 2.27. The molecule has 0 radical (unpaired) electrons. The van der Waals surface area contributed by atoms with Crippen LogP contribution in [0.15, 0.2) is 11.0 Å². The summed E-state index contributed by atoms with van der Waals surface area (Å²) in [5.74, 6) is 0. The highest BCUT2D eigenvalue weighted by molar-refractivity contribution is 5.79. The second-order valence-electron chi connectivity index (χ2n) is 3.72. The number of aromatic nitrogens is 4. The third-order valence-corrected chi connectivity index (χ3v) is 2.60. The van der Waals surface area contributed by atoms with Crippen LogP contribution in [0.4, 0.5) is 0 Å². The molecular weight excluding hydrogens is 180 g/mol. The van der Waals surface area contributed by atoms with E-state index >= 15 is 0 Å². The Kier molecular flexibility index (Phi) is 1.34. The molecule has 14 heavy (non-hydrogen) atoms. The molecular formula is C9H10N4O. The van der Waals surface area contributed by atoms with Crippen molar-refractivity contribution in [2.75, 3.05) is 0 Å². The summed E-state index contributed by atoms with van der Waals surface area (Å²) >= 11 is 0. The molecule has 1 saturated carbocycles. The lowest BCUT2D eigenvalue weighted by atomic mass is 10.3. The Labute approximate surface area is 79.7 Å². The van der Waals surface area contributed by atoms with Crippen molar-refractivity contribution in [1.29, 1.82) is 0 Å². The lowest BCUT2D eigenvalue weighted by Gasteiger charge is -1.97. The van der Waals surface area contributed by atoms with Crippen molar-refractivity contribution in [2.24, 2.45) is 0 Å². The number of rotatable bonds is 1. The number of H-pyrrole nitrogens is 1. The SMILES string of the molecule is Cc1nn(C2CC2)c2cn[nH]c(=O)c12. The molecule has 0 saturated heterocycles. The smallest absolute Gasteiger partial charge is 0.267 e. The average Bonchev–Trinajstić information content (AvgIpc) is 2.93. The van der Waals surface area contributed by atoms with Crippen molar-refractivity contribution in [3.8, 4) is 0 Å². The molecule has 0 amide bonds. The van der Waals surface area contributed by atoms with E-state index in [-0.39, 0.29) is 5.56 Å². The van der Waals surface area contributed by atoms with Crippen molar-refractivity contribution in [1.82, 2.24) is 20.0 Å². The van der Waals surface area contributed by atoms with E-state index in [1.807, 2.05) is 11.6 Å². The van der Waals surface area contributed by atoms with Gasteiger partial charge in [0.15, 0.2) is 0 Å². The lowest BCUT2D eigenvalue weighted by molar-refractivity contribution is 0.657. The van der Waals surface area contributed by atoms with Crippen LogP contribution in [0.1, 0.15) is 24.6 Å². The van der Waals surface area contributed by atoms with Crippen molar-refractivity contribution < 1.29 is 0 Å². The van der Waals surface area contributed by atoms with Gasteiger partial charge in [0.25, 0.3) is 5.56 Å². The molecule has 5 heteroatoms. The number of hydrogen-bond acceptors (Lipinski definition) is 3. The number of nitrogens with zero attached hydrogens (tertiary/aromatic N) is 3. The zero-order valence-corrected chi connectivity index (χ0v) is 7.82. The summed E-state index contributed by atoms with van der Waals surface area (Å²) in [6, 6.07) is 0.481. The molecule has 0 unspecified atom stereocenters. The maximum absolute atomic E-state index is 11.5. The number of aromatic amines is 1. The van der Waals surface area contributed by atoms with Crippen LogP contribution < -0.4 is 5.56 Å². The first-order valence-corrected chi connectivity index (χ1v) is 4.70. The minimum Gasteiger partial charge on any atom is -0.267 e. The second kappa shape index (κ2) is 2.43. The third-order valence-electron chi connectivity index (χ3n) is 2.60. The monoisotopic (exact) mass is 190 g/mol. The first-order valence-electron chi connectivity index (χ1n) is 4.70. The number of fused-ring (bicyclic) bond motifs is 1. The van der Waals surface area contributed by atoms with Gasteiger partial charge in [-0.3, -0.25) is 9.48 Å². The molecule has 2 heterocycles. The molecule has 1 N–H and O–H groups in total. The van der Waals surface area contributed by atoms with Crippen molar-refractivity contribution in [3.05, 3.63) is 22.2 Å². The highest BCUT2D eigenvalue weighted by atomic mass is 16.1. The Morgan fingerprint density at radius 2 is 2.36 bits per heavy atom. The maximum Gasteiger partial charge on any atom is 0.275 e. The molecule has 5 nitrogen and oxygen atoms in total. The molecule has 1 aliphatic rings. The third kappa shape index (κ3) is 0.921. The summed E-state index contributed by atoms with van der Waals surface area (Å²) in [5.41, 5.74) is 1.50. The molecule has 2 aromatic rings. The van der Waals surface area contributed by atoms with Crippen LogP contribution in [0.3, 0.4) is 0 Å². The summed E-state index contributed by atoms with van der Waals surface area (Å²) < 4.78 is 1.92. The van der Waals surface area contributed by atoms with Gasteiger partial charge in [0, 0.05) is 0 Å². The Hall–Kier alpha value is -1.65. The quantitative estimate of drug-likeness (QED) is 0.722. The average molecular weight is 190 g/mol. The molecule has 0 spiro atoms. The van der Waals surface area contributed by atoms with Crippen LogP contribution >= 0.6 is 0 Å². The van der Waals surface area contributed by atoms with Crippen LogP contribution in [0, 0.1) is 6.92 Å². The molecule has 1 aliphatic carbocycles. The first-order chi connectivity index (χ1) is 6.77. The molecule has 0 atom stereocenters. The number of hydrogen-bond donors (Lipinski definition) is 1. The van der Waals surface area contributed by atoms with Gasteiger partial charge in [-0.25, -0.2) is 5.10 Å². The summed E-state index contributed by atoms with van der Waals surface area (Å²) in [6.45, 7) is 1.86. The van der Waals surface area contributed by atoms with Gasteiger partial charge in [0.2, 0.25) is 0 Å². The van der Waals surface area contributed by atoms with Crippen LogP contribution in [0.2, 0.25) is 0 Å². The molecule has 3 rings (SSSR count). The Balaban J connectivity index is 2.43. The summed E-state index contributed by atoms with van der Waals surface area (Å²) in [6.07, 6.45) is 3.99. The van der Waals surface area contributed by atoms with Gasteiger partial charge in [-0.1, -0.05) is 0 Å². The predicted octanol–water partition coefficient (Wildman–Crippen LogP) is 0.763. The fraction of sp³-hybridized carbons (Fsp3) is 0.444. The molecule has 2 aromatic heterocycles. The van der Waals surface area contributed by atoms with Crippen LogP contribution in [-0.2, 0) is 0 Å². The standard InChI is InChI=1S/C9H10N4O/c1-5-8-7(4-10-11-9(8)14)13(12-5)6-2-3-6/h4,6H,2-3H2,1H3,(H,11,14). The molecule has 0 bridgehead atoms. The first kappa shape index (κ1) is 7.73. The van der Waals surface area contributed by atoms with E-state index in [0.29, 0.717) is 11.4 Å². The molecule has 0 aliphatic heterocycles. The fourth-order valence-corrected chi connectivity index (χ4v) is 1.78. The van der Waals surface area contributed by atoms with Gasteiger partial charge in [0.05, 0.1) is 28.8 Å². The molecule has 0 aromatic carbocycles. The minimum absolute atomic E-state index is 0.146. The zero-order valence-electron chi connectivity index (χ0n) is 7.82. The summed E-state index contributed by atoms with van der Waals surface area (Å²) in [4.78, 5) is 11.5. The van der Waals surface area contributed by atoms with Crippen LogP contribution in [-0.4, -0.2) is 20.0 Å². The Bertz CT molecular complexity index is 549. The highest BCUT2D eigenvalue weighted by Crippen LogP contribution is 2.36. The van der Waals surface area contributed by atoms with E-state index in [2.05, 4.69) is 15.3 Å². The Morgan fingerprint density at radius 1 is 1.57 bits per heavy atom. The van der Waals surface area contributed by atoms with E-state index < -0.39 is 0 Å². The maximum atomic E-state index is 11.5. The minimum atomic E-state index is -0.146. The predicted molar refractivity (Wildman–Crippen MR) is 51.2 cm³/mol. The zero-order chi connectivity index (χ0) is 9.71. The van der Waals surface area contributed by atoms with Crippen molar-refractivity contribution >= 4 is 10.9 Å². The molecule has 1 fully saturated rings. The van der Waals surface area contributed by atoms with Gasteiger partial charge >= 0.3 is 0 Å². The van der Waals surface area contributed by atoms with Gasteiger partial charge in [-0.05, 0) is 19.8 Å². The van der Waals surface area contributed by atoms with Gasteiger partial charge in [-0.15, -0.1) is 0 Å². The van der Waals surface area contributed by atoms with Crippen LogP contribution in [0.5, 0.6) is 0 Å². The number of aryl methyl sites for hydroxylation is 1. The van der Waals surface area contributed by atoms with E-state index in [1.54, 1.807) is 6.20 Å². The summed E-state index contributed by atoms with van der Waals surface area (Å²) in [7, 11) is 0. The topological polar surface area (TPSA) is 63.6 Å². The van der Waals surface area contributed by atoms with Crippen molar-refractivity contribution in [2.45, 2.75) is 25.8 Å². The van der Waals surface area contributed by atoms with E-state index in [0.717, 1.165) is 24.1 Å². The number of nitrogens with one attached hydrogen (secondary N) is 1. The fourth-order valence-electron chi connectivity index (χ4n) is 1.78. The van der Waals surface area contributed by atoms with Gasteiger partial charge < -0.3 is 0 Å². The normalized spacial score (nSPS) is 16.4. The van der Waals surface area contributed by atoms with Crippen molar-refractivity contribution in [3.63, 3.8) is 0 Å². The van der Waals surface area contributed by atoms with Gasteiger partial charge in [-0.2, -0.15) is 10.2 Å². The summed E-state index contributed by atoms with van der Waals surface area (Å²) in [5, 5.41) is 11.3. The van der Waals surface area contributed by atoms with E-state index in [4.69, 9.17) is 0 Å². The second-order valence-corrected chi connectivity index (χ2v) is 3.72. The molecule has 72 valence electrons. The lowest BCUT2D eigenvalue weighted by Crippen LogP contribution is -2.07. The Morgan fingerprint density at radius 3 is 3.07 bits per heavy atom. The van der Waals surface area contributed by atoms with E-state index in [9.17, 15) is 4.79 Å². The van der Waals surface area contributed by atoms with Crippen LogP contribution in [0.25, 0.3) is 10.9 Å². The largest absolute Gasteiger partial charge is 0.275 e.